The highest BCUT2D eigenvalue weighted by molar-refractivity contribution is 5.89. The maximum Gasteiger partial charge on any atom is 0.319 e. The van der Waals surface area contributed by atoms with Gasteiger partial charge in [0.1, 0.15) is 0 Å². The van der Waals surface area contributed by atoms with Crippen molar-refractivity contribution in [3.63, 3.8) is 0 Å². The molecule has 0 bridgehead atoms. The average Bonchev–Trinajstić information content (AvgIpc) is 2.58. The Bertz CT molecular complexity index is 686. The number of anilines is 1. The minimum absolute atomic E-state index is 0.206. The molecular weight excluding hydrogens is 304 g/mol. The van der Waals surface area contributed by atoms with Gasteiger partial charge in [-0.3, -0.25) is 0 Å². The fraction of sp³-hybridized carbons (Fsp3) is 0.316. The van der Waals surface area contributed by atoms with Crippen LogP contribution in [0.3, 0.4) is 0 Å². The number of hydrogen-bond acceptors (Lipinski definition) is 3. The Labute approximate surface area is 143 Å². The number of hydrogen-bond donors (Lipinski definition) is 2. The third-order valence-corrected chi connectivity index (χ3v) is 3.62. The van der Waals surface area contributed by atoms with E-state index in [0.717, 1.165) is 22.6 Å². The molecule has 2 aromatic carbocycles. The zero-order valence-corrected chi connectivity index (χ0v) is 14.4. The number of carbonyl (C=O) groups excluding carboxylic acids is 1. The van der Waals surface area contributed by atoms with E-state index in [2.05, 4.69) is 10.6 Å². The van der Waals surface area contributed by atoms with Crippen molar-refractivity contribution < 1.29 is 14.3 Å². The first kappa shape index (κ1) is 17.7. The van der Waals surface area contributed by atoms with Crippen LogP contribution >= 0.6 is 0 Å². The van der Waals surface area contributed by atoms with Crippen molar-refractivity contribution in [3.8, 4) is 11.5 Å². The van der Waals surface area contributed by atoms with E-state index in [-0.39, 0.29) is 6.03 Å². The monoisotopic (exact) mass is 328 g/mol. The van der Waals surface area contributed by atoms with Crippen LogP contribution in [0.2, 0.25) is 0 Å². The molecule has 2 rings (SSSR count). The van der Waals surface area contributed by atoms with Crippen LogP contribution in [0.1, 0.15) is 18.1 Å². The van der Waals surface area contributed by atoms with Crippen molar-refractivity contribution in [2.24, 2.45) is 0 Å². The normalized spacial score (nSPS) is 10.1. The van der Waals surface area contributed by atoms with Gasteiger partial charge in [-0.05, 0) is 49.6 Å². The van der Waals surface area contributed by atoms with E-state index in [1.54, 1.807) is 7.11 Å². The largest absolute Gasteiger partial charge is 0.493 e. The molecule has 0 radical (unpaired) electrons. The highest BCUT2D eigenvalue weighted by Gasteiger charge is 2.07. The van der Waals surface area contributed by atoms with Crippen LogP contribution in [0.25, 0.3) is 0 Å². The molecule has 0 aromatic heterocycles. The lowest BCUT2D eigenvalue weighted by atomic mass is 10.1. The SMILES string of the molecule is CCOc1ccc(CCNC(=O)Nc2ccccc2C)cc1OC. The predicted octanol–water partition coefficient (Wildman–Crippen LogP) is 3.77. The highest BCUT2D eigenvalue weighted by Crippen LogP contribution is 2.28. The summed E-state index contributed by atoms with van der Waals surface area (Å²) >= 11 is 0. The second-order valence-electron chi connectivity index (χ2n) is 5.36. The summed E-state index contributed by atoms with van der Waals surface area (Å²) in [6, 6.07) is 13.3. The summed E-state index contributed by atoms with van der Waals surface area (Å²) < 4.78 is 10.8. The molecule has 2 amide bonds. The van der Waals surface area contributed by atoms with E-state index >= 15 is 0 Å². The van der Waals surface area contributed by atoms with Crippen LogP contribution in [0.4, 0.5) is 10.5 Å². The molecule has 0 heterocycles. The molecule has 0 aliphatic heterocycles. The Balaban J connectivity index is 1.85. The molecule has 0 saturated heterocycles. The minimum atomic E-state index is -0.206. The number of aryl methyl sites for hydroxylation is 1. The average molecular weight is 328 g/mol. The van der Waals surface area contributed by atoms with Crippen LogP contribution in [0, 0.1) is 6.92 Å². The number of para-hydroxylation sites is 1. The number of benzene rings is 2. The molecular formula is C19H24N2O3. The Morgan fingerprint density at radius 3 is 2.62 bits per heavy atom. The summed E-state index contributed by atoms with van der Waals surface area (Å²) in [4.78, 5) is 12.0. The smallest absolute Gasteiger partial charge is 0.319 e. The molecule has 2 N–H and O–H groups in total. The summed E-state index contributed by atoms with van der Waals surface area (Å²) in [5.41, 5.74) is 2.92. The van der Waals surface area contributed by atoms with Crippen LogP contribution < -0.4 is 20.1 Å². The lowest BCUT2D eigenvalue weighted by molar-refractivity contribution is 0.252. The van der Waals surface area contributed by atoms with E-state index in [1.165, 1.54) is 0 Å². The fourth-order valence-electron chi connectivity index (χ4n) is 2.34. The molecule has 2 aromatic rings. The Morgan fingerprint density at radius 2 is 1.92 bits per heavy atom. The van der Waals surface area contributed by atoms with Gasteiger partial charge in [-0.25, -0.2) is 4.79 Å². The quantitative estimate of drug-likeness (QED) is 0.813. The summed E-state index contributed by atoms with van der Waals surface area (Å²) in [5, 5.41) is 5.71. The number of methoxy groups -OCH3 is 1. The lowest BCUT2D eigenvalue weighted by Gasteiger charge is -2.12. The van der Waals surface area contributed by atoms with Gasteiger partial charge < -0.3 is 20.1 Å². The van der Waals surface area contributed by atoms with E-state index in [9.17, 15) is 4.79 Å². The maximum absolute atomic E-state index is 12.0. The van der Waals surface area contributed by atoms with Gasteiger partial charge in [0.15, 0.2) is 11.5 Å². The third-order valence-electron chi connectivity index (χ3n) is 3.62. The molecule has 0 fully saturated rings. The zero-order valence-electron chi connectivity index (χ0n) is 14.4. The van der Waals surface area contributed by atoms with Gasteiger partial charge in [-0.15, -0.1) is 0 Å². The second kappa shape index (κ2) is 8.82. The summed E-state index contributed by atoms with van der Waals surface area (Å²) in [5.74, 6) is 1.44. The van der Waals surface area contributed by atoms with E-state index in [1.807, 2.05) is 56.3 Å². The molecule has 0 aliphatic rings. The molecule has 5 heteroatoms. The lowest BCUT2D eigenvalue weighted by Crippen LogP contribution is -2.30. The molecule has 0 atom stereocenters. The molecule has 5 nitrogen and oxygen atoms in total. The molecule has 0 spiro atoms. The number of amides is 2. The van der Waals surface area contributed by atoms with Crippen LogP contribution in [0.15, 0.2) is 42.5 Å². The van der Waals surface area contributed by atoms with Gasteiger partial charge in [-0.1, -0.05) is 24.3 Å². The van der Waals surface area contributed by atoms with Crippen molar-refractivity contribution in [1.82, 2.24) is 5.32 Å². The van der Waals surface area contributed by atoms with Crippen molar-refractivity contribution >= 4 is 11.7 Å². The summed E-state index contributed by atoms with van der Waals surface area (Å²) in [6.07, 6.45) is 0.712. The van der Waals surface area contributed by atoms with Crippen LogP contribution in [-0.2, 0) is 6.42 Å². The van der Waals surface area contributed by atoms with Gasteiger partial charge in [0, 0.05) is 12.2 Å². The van der Waals surface area contributed by atoms with Gasteiger partial charge in [0.25, 0.3) is 0 Å². The van der Waals surface area contributed by atoms with E-state index in [4.69, 9.17) is 9.47 Å². The Kier molecular flexibility index (Phi) is 6.49. The van der Waals surface area contributed by atoms with Gasteiger partial charge in [0.2, 0.25) is 0 Å². The van der Waals surface area contributed by atoms with Crippen LogP contribution in [-0.4, -0.2) is 26.3 Å². The highest BCUT2D eigenvalue weighted by atomic mass is 16.5. The number of ether oxygens (including phenoxy) is 2. The minimum Gasteiger partial charge on any atom is -0.493 e. The number of carbonyl (C=O) groups is 1. The number of urea groups is 1. The van der Waals surface area contributed by atoms with Crippen molar-refractivity contribution in [2.45, 2.75) is 20.3 Å². The Morgan fingerprint density at radius 1 is 1.12 bits per heavy atom. The molecule has 128 valence electrons. The molecule has 0 saturated carbocycles. The van der Waals surface area contributed by atoms with Crippen molar-refractivity contribution in [1.29, 1.82) is 0 Å². The summed E-state index contributed by atoms with van der Waals surface area (Å²) in [6.45, 7) is 5.03. The third kappa shape index (κ3) is 4.91. The first-order valence-corrected chi connectivity index (χ1v) is 8.04. The first-order chi connectivity index (χ1) is 11.6. The van der Waals surface area contributed by atoms with Crippen molar-refractivity contribution in [2.75, 3.05) is 25.6 Å². The maximum atomic E-state index is 12.0. The first-order valence-electron chi connectivity index (χ1n) is 8.04. The van der Waals surface area contributed by atoms with E-state index in [0.29, 0.717) is 25.3 Å². The van der Waals surface area contributed by atoms with Gasteiger partial charge in [-0.2, -0.15) is 0 Å². The summed E-state index contributed by atoms with van der Waals surface area (Å²) in [7, 11) is 1.62. The number of rotatable bonds is 7. The zero-order chi connectivity index (χ0) is 17.4. The fourth-order valence-corrected chi connectivity index (χ4v) is 2.34. The van der Waals surface area contributed by atoms with Crippen LogP contribution in [0.5, 0.6) is 11.5 Å². The molecule has 0 aliphatic carbocycles. The molecule has 24 heavy (non-hydrogen) atoms. The van der Waals surface area contributed by atoms with Gasteiger partial charge >= 0.3 is 6.03 Å². The predicted molar refractivity (Wildman–Crippen MR) is 96.1 cm³/mol. The standard InChI is InChI=1S/C19H24N2O3/c1-4-24-17-10-9-15(13-18(17)23-3)11-12-20-19(22)21-16-8-6-5-7-14(16)2/h5-10,13H,4,11-12H2,1-3H3,(H2,20,21,22). The van der Waals surface area contributed by atoms with Gasteiger partial charge in [0.05, 0.1) is 13.7 Å². The second-order valence-corrected chi connectivity index (χ2v) is 5.36. The van der Waals surface area contributed by atoms with E-state index < -0.39 is 0 Å². The Hall–Kier alpha value is -2.69. The molecule has 0 unspecified atom stereocenters. The topological polar surface area (TPSA) is 59.6 Å². The van der Waals surface area contributed by atoms with Crippen molar-refractivity contribution in [3.05, 3.63) is 53.6 Å². The number of nitrogens with one attached hydrogen (secondary N) is 2.